The lowest BCUT2D eigenvalue weighted by Crippen LogP contribution is -2.16. The normalized spacial score (nSPS) is 10.7. The van der Waals surface area contributed by atoms with Crippen LogP contribution in [0.1, 0.15) is 33.3 Å². The molecule has 0 unspecified atom stereocenters. The highest BCUT2D eigenvalue weighted by Gasteiger charge is 2.28. The van der Waals surface area contributed by atoms with E-state index in [1.54, 1.807) is 61.1 Å². The van der Waals surface area contributed by atoms with Gasteiger partial charge in [0.2, 0.25) is 5.88 Å². The number of amides is 1. The van der Waals surface area contributed by atoms with Crippen LogP contribution in [-0.2, 0) is 4.74 Å². The molecule has 162 valence electrons. The zero-order chi connectivity index (χ0) is 22.7. The predicted molar refractivity (Wildman–Crippen MR) is 117 cm³/mol. The van der Waals surface area contributed by atoms with Crippen molar-refractivity contribution < 1.29 is 18.8 Å². The van der Waals surface area contributed by atoms with E-state index in [4.69, 9.17) is 20.9 Å². The van der Waals surface area contributed by atoms with Gasteiger partial charge >= 0.3 is 5.97 Å². The minimum absolute atomic E-state index is 0.0114. The highest BCUT2D eigenvalue weighted by Crippen LogP contribution is 2.31. The monoisotopic (exact) mass is 451 g/mol. The summed E-state index contributed by atoms with van der Waals surface area (Å²) in [5, 5.41) is 11.4. The number of anilines is 1. The van der Waals surface area contributed by atoms with Gasteiger partial charge in [-0.05, 0) is 38.1 Å². The number of ether oxygens (including phenoxy) is 1. The lowest BCUT2D eigenvalue weighted by Gasteiger charge is -2.06. The lowest BCUT2D eigenvalue weighted by molar-refractivity contribution is 0.0528. The third-order valence-electron chi connectivity index (χ3n) is 4.64. The van der Waals surface area contributed by atoms with Crippen molar-refractivity contribution in [3.05, 3.63) is 76.7 Å². The summed E-state index contributed by atoms with van der Waals surface area (Å²) >= 11 is 5.95. The van der Waals surface area contributed by atoms with Gasteiger partial charge in [-0.3, -0.25) is 10.1 Å². The summed E-state index contributed by atoms with van der Waals surface area (Å²) in [6.07, 6.45) is 3.05. The number of rotatable bonds is 6. The maximum atomic E-state index is 13.0. The fourth-order valence-electron chi connectivity index (χ4n) is 3.09. The molecule has 1 N–H and O–H groups in total. The minimum atomic E-state index is -0.671. The Morgan fingerprint density at radius 2 is 1.97 bits per heavy atom. The lowest BCUT2D eigenvalue weighted by atomic mass is 10.1. The molecular weight excluding hydrogens is 434 g/mol. The summed E-state index contributed by atoms with van der Waals surface area (Å²) in [5.74, 6) is -0.742. The van der Waals surface area contributed by atoms with Crippen LogP contribution in [0.15, 0.2) is 59.4 Å². The van der Waals surface area contributed by atoms with E-state index in [0.29, 0.717) is 22.1 Å². The molecular formula is C22H18ClN5O4. The van der Waals surface area contributed by atoms with E-state index < -0.39 is 11.9 Å². The fourth-order valence-corrected chi connectivity index (χ4v) is 3.21. The summed E-state index contributed by atoms with van der Waals surface area (Å²) in [6, 6.07) is 12.1. The van der Waals surface area contributed by atoms with Crippen LogP contribution in [0.25, 0.3) is 17.1 Å². The highest BCUT2D eigenvalue weighted by atomic mass is 35.5. The van der Waals surface area contributed by atoms with Crippen molar-refractivity contribution >= 4 is 29.4 Å². The Hall–Kier alpha value is -3.98. The second kappa shape index (κ2) is 9.03. The van der Waals surface area contributed by atoms with Crippen LogP contribution in [-0.4, -0.2) is 38.4 Å². The van der Waals surface area contributed by atoms with E-state index >= 15 is 0 Å². The molecule has 4 aromatic rings. The summed E-state index contributed by atoms with van der Waals surface area (Å²) < 4.78 is 12.0. The average Bonchev–Trinajstić information content (AvgIpc) is 3.38. The quantitative estimate of drug-likeness (QED) is 0.434. The third kappa shape index (κ3) is 4.10. The van der Waals surface area contributed by atoms with Crippen LogP contribution in [0, 0.1) is 6.92 Å². The van der Waals surface area contributed by atoms with Gasteiger partial charge in [-0.15, -0.1) is 0 Å². The molecule has 0 radical (unpaired) electrons. The summed E-state index contributed by atoms with van der Waals surface area (Å²) in [6.45, 7) is 3.57. The Morgan fingerprint density at radius 3 is 2.66 bits per heavy atom. The molecule has 4 rings (SSSR count). The second-order valence-electron chi connectivity index (χ2n) is 6.66. The molecule has 0 saturated heterocycles. The Labute approximate surface area is 188 Å². The van der Waals surface area contributed by atoms with Gasteiger partial charge < -0.3 is 9.26 Å². The first-order valence-electron chi connectivity index (χ1n) is 9.69. The van der Waals surface area contributed by atoms with Crippen LogP contribution >= 0.6 is 11.6 Å². The topological polar surface area (TPSA) is 112 Å². The number of carbonyl (C=O) groups excluding carboxylic acids is 2. The molecule has 3 aromatic heterocycles. The van der Waals surface area contributed by atoms with Crippen LogP contribution in [0.5, 0.6) is 0 Å². The number of hydrogen-bond acceptors (Lipinski definition) is 7. The van der Waals surface area contributed by atoms with E-state index in [9.17, 15) is 9.59 Å². The van der Waals surface area contributed by atoms with Crippen molar-refractivity contribution in [1.29, 1.82) is 0 Å². The molecule has 0 aliphatic rings. The fraction of sp³-hybridized carbons (Fsp3) is 0.136. The molecule has 10 heteroatoms. The molecule has 0 aliphatic carbocycles. The molecule has 9 nitrogen and oxygen atoms in total. The first kappa shape index (κ1) is 21.3. The molecule has 0 spiro atoms. The van der Waals surface area contributed by atoms with Crippen molar-refractivity contribution in [2.24, 2.45) is 0 Å². The number of aromatic nitrogens is 4. The Balaban J connectivity index is 1.67. The molecule has 1 amide bonds. The molecule has 1 aromatic carbocycles. The van der Waals surface area contributed by atoms with Crippen molar-refractivity contribution in [3.8, 4) is 17.1 Å². The molecule has 0 fully saturated rings. The molecule has 0 atom stereocenters. The van der Waals surface area contributed by atoms with E-state index in [2.05, 4.69) is 20.6 Å². The molecule has 0 saturated carbocycles. The number of esters is 1. The average molecular weight is 452 g/mol. The second-order valence-corrected chi connectivity index (χ2v) is 7.10. The zero-order valence-electron chi connectivity index (χ0n) is 17.2. The van der Waals surface area contributed by atoms with Crippen molar-refractivity contribution in [2.45, 2.75) is 13.8 Å². The van der Waals surface area contributed by atoms with Gasteiger partial charge in [0.05, 0.1) is 24.1 Å². The molecule has 0 bridgehead atoms. The third-order valence-corrected chi connectivity index (χ3v) is 4.89. The number of nitrogens with zero attached hydrogens (tertiary/aromatic N) is 4. The zero-order valence-corrected chi connectivity index (χ0v) is 18.0. The number of benzene rings is 1. The summed E-state index contributed by atoms with van der Waals surface area (Å²) in [5.41, 5.74) is 1.68. The number of carbonyl (C=O) groups is 2. The van der Waals surface area contributed by atoms with Gasteiger partial charge in [-0.2, -0.15) is 5.10 Å². The molecule has 32 heavy (non-hydrogen) atoms. The Bertz CT molecular complexity index is 1270. The smallest absolute Gasteiger partial charge is 0.346 e. The van der Waals surface area contributed by atoms with Gasteiger partial charge in [0, 0.05) is 16.8 Å². The standard InChI is InChI=1S/C22H18ClN5O4/c1-3-31-22(30)18-19(14-7-9-15(23)10-8-14)27-32-21(18)26-20(29)16-12-25-28(13(16)2)17-6-4-5-11-24-17/h4-12H,3H2,1-2H3,(H,26,29). The van der Waals surface area contributed by atoms with Crippen molar-refractivity contribution in [1.82, 2.24) is 19.9 Å². The molecule has 3 heterocycles. The molecule has 0 aliphatic heterocycles. The predicted octanol–water partition coefficient (Wildman–Crippen LogP) is 4.31. The van der Waals surface area contributed by atoms with Gasteiger partial charge in [0.25, 0.3) is 5.91 Å². The maximum Gasteiger partial charge on any atom is 0.346 e. The Kier molecular flexibility index (Phi) is 6.00. The minimum Gasteiger partial charge on any atom is -0.462 e. The number of pyridine rings is 1. The number of hydrogen-bond donors (Lipinski definition) is 1. The van der Waals surface area contributed by atoms with Crippen LogP contribution in [0.3, 0.4) is 0 Å². The van der Waals surface area contributed by atoms with E-state index in [-0.39, 0.29) is 29.3 Å². The Morgan fingerprint density at radius 1 is 1.19 bits per heavy atom. The van der Waals surface area contributed by atoms with Gasteiger partial charge in [-0.1, -0.05) is 35.0 Å². The van der Waals surface area contributed by atoms with Crippen molar-refractivity contribution in [3.63, 3.8) is 0 Å². The first-order chi connectivity index (χ1) is 15.5. The van der Waals surface area contributed by atoms with Gasteiger partial charge in [-0.25, -0.2) is 14.5 Å². The largest absolute Gasteiger partial charge is 0.462 e. The summed E-state index contributed by atoms with van der Waals surface area (Å²) in [4.78, 5) is 29.8. The van der Waals surface area contributed by atoms with E-state index in [1.165, 1.54) is 6.20 Å². The van der Waals surface area contributed by atoms with E-state index in [1.807, 2.05) is 6.07 Å². The van der Waals surface area contributed by atoms with Gasteiger partial charge in [0.1, 0.15) is 5.69 Å². The summed E-state index contributed by atoms with van der Waals surface area (Å²) in [7, 11) is 0. The van der Waals surface area contributed by atoms with Crippen LogP contribution < -0.4 is 5.32 Å². The van der Waals surface area contributed by atoms with Gasteiger partial charge in [0.15, 0.2) is 11.4 Å². The SMILES string of the molecule is CCOC(=O)c1c(-c2ccc(Cl)cc2)noc1NC(=O)c1cnn(-c2ccccn2)c1C. The number of halogens is 1. The van der Waals surface area contributed by atoms with Crippen LogP contribution in [0.4, 0.5) is 5.88 Å². The first-order valence-corrected chi connectivity index (χ1v) is 10.1. The van der Waals surface area contributed by atoms with Crippen LogP contribution in [0.2, 0.25) is 5.02 Å². The van der Waals surface area contributed by atoms with Crippen molar-refractivity contribution in [2.75, 3.05) is 11.9 Å². The maximum absolute atomic E-state index is 13.0. The number of nitrogens with one attached hydrogen (secondary N) is 1. The highest BCUT2D eigenvalue weighted by molar-refractivity contribution is 6.30. The van der Waals surface area contributed by atoms with E-state index in [0.717, 1.165) is 0 Å².